The van der Waals surface area contributed by atoms with Gasteiger partial charge < -0.3 is 14.6 Å². The zero-order valence-electron chi connectivity index (χ0n) is 20.0. The molecule has 7 nitrogen and oxygen atoms in total. The first kappa shape index (κ1) is 27.9. The second-order valence-electron chi connectivity index (χ2n) is 8.51. The third kappa shape index (κ3) is 7.46. The predicted molar refractivity (Wildman–Crippen MR) is 151 cm³/mol. The van der Waals surface area contributed by atoms with Crippen LogP contribution < -0.4 is 4.74 Å². The number of halogens is 2. The summed E-state index contributed by atoms with van der Waals surface area (Å²) in [6.07, 6.45) is 2.07. The van der Waals surface area contributed by atoms with Crippen LogP contribution >= 0.6 is 47.2 Å². The van der Waals surface area contributed by atoms with E-state index in [1.807, 2.05) is 24.3 Å². The monoisotopic (exact) mass is 580 g/mol. The number of nitrogens with zero attached hydrogens (tertiary/aromatic N) is 2. The van der Waals surface area contributed by atoms with Crippen LogP contribution in [-0.2, 0) is 14.3 Å². The second kappa shape index (κ2) is 13.1. The van der Waals surface area contributed by atoms with Crippen LogP contribution in [-0.4, -0.2) is 77.1 Å². The van der Waals surface area contributed by atoms with Gasteiger partial charge in [-0.1, -0.05) is 59.3 Å². The summed E-state index contributed by atoms with van der Waals surface area (Å²) in [5.41, 5.74) is 2.38. The third-order valence-corrected chi connectivity index (χ3v) is 7.88. The smallest absolute Gasteiger partial charge is 0.303 e. The summed E-state index contributed by atoms with van der Waals surface area (Å²) >= 11 is 19.1. The largest absolute Gasteiger partial charge is 0.492 e. The number of aliphatic carboxylic acids is 1. The van der Waals surface area contributed by atoms with Gasteiger partial charge in [0.1, 0.15) is 16.7 Å². The van der Waals surface area contributed by atoms with E-state index in [2.05, 4.69) is 4.90 Å². The minimum absolute atomic E-state index is 0.0267. The Morgan fingerprint density at radius 2 is 1.95 bits per heavy atom. The number of thioether (sulfide) groups is 1. The lowest BCUT2D eigenvalue weighted by Crippen LogP contribution is -2.38. The summed E-state index contributed by atoms with van der Waals surface area (Å²) in [5.74, 6) is -0.509. The van der Waals surface area contributed by atoms with Crippen molar-refractivity contribution >= 4 is 69.5 Å². The summed E-state index contributed by atoms with van der Waals surface area (Å²) in [7, 11) is 0. The lowest BCUT2D eigenvalue weighted by molar-refractivity contribution is -0.137. The highest BCUT2D eigenvalue weighted by atomic mass is 35.5. The van der Waals surface area contributed by atoms with Gasteiger partial charge in [0.2, 0.25) is 0 Å². The molecule has 2 aliphatic heterocycles. The fraction of sp³-hybridized carbons (Fsp3) is 0.346. The molecule has 4 rings (SSSR count). The number of carbonyl (C=O) groups excluding carboxylic acids is 1. The van der Waals surface area contributed by atoms with Crippen LogP contribution in [0.2, 0.25) is 10.0 Å². The van der Waals surface area contributed by atoms with Gasteiger partial charge in [-0.15, -0.1) is 0 Å². The van der Waals surface area contributed by atoms with Gasteiger partial charge in [0.15, 0.2) is 0 Å². The quantitative estimate of drug-likeness (QED) is 0.294. The van der Waals surface area contributed by atoms with E-state index in [1.165, 1.54) is 16.7 Å². The number of benzene rings is 2. The summed E-state index contributed by atoms with van der Waals surface area (Å²) in [4.78, 5) is 28.1. The molecular formula is C26H26Cl2N2O5S2. The van der Waals surface area contributed by atoms with Crippen molar-refractivity contribution in [2.75, 3.05) is 46.0 Å². The zero-order chi connectivity index (χ0) is 26.4. The molecule has 0 atom stereocenters. The summed E-state index contributed by atoms with van der Waals surface area (Å²) in [6.45, 7) is 4.68. The van der Waals surface area contributed by atoms with Crippen molar-refractivity contribution in [2.24, 2.45) is 0 Å². The molecule has 2 aromatic rings. The molecule has 2 aromatic carbocycles. The molecular weight excluding hydrogens is 555 g/mol. The number of hydrogen-bond acceptors (Lipinski definition) is 7. The number of carboxylic acid groups (broad SMARTS) is 1. The summed E-state index contributed by atoms with van der Waals surface area (Å²) < 4.78 is 12.0. The highest BCUT2D eigenvalue weighted by molar-refractivity contribution is 8.26. The van der Waals surface area contributed by atoms with Gasteiger partial charge in [0, 0.05) is 53.8 Å². The van der Waals surface area contributed by atoms with Crippen molar-refractivity contribution < 1.29 is 24.2 Å². The number of rotatable bonds is 10. The van der Waals surface area contributed by atoms with E-state index in [4.69, 9.17) is 50.0 Å². The molecule has 0 bridgehead atoms. The SMILES string of the molecule is O=C(O)CCCN1C(=O)/C(=C/c2cc(-c3ccc(Cl)cc3Cl)ccc2OCCN2CCOCC2)SC1=S. The number of ether oxygens (including phenoxy) is 2. The molecule has 0 aromatic heterocycles. The number of carboxylic acids is 1. The van der Waals surface area contributed by atoms with Crippen LogP contribution in [0, 0.1) is 0 Å². The maximum Gasteiger partial charge on any atom is 0.303 e. The molecule has 0 spiro atoms. The number of hydrogen-bond donors (Lipinski definition) is 1. The van der Waals surface area contributed by atoms with Crippen molar-refractivity contribution in [2.45, 2.75) is 12.8 Å². The van der Waals surface area contributed by atoms with Gasteiger partial charge in [-0.25, -0.2) is 0 Å². The van der Waals surface area contributed by atoms with E-state index in [0.717, 1.165) is 49.5 Å². The summed E-state index contributed by atoms with van der Waals surface area (Å²) in [5, 5.41) is 9.98. The molecule has 37 heavy (non-hydrogen) atoms. The Balaban J connectivity index is 1.58. The van der Waals surface area contributed by atoms with Crippen LogP contribution in [0.15, 0.2) is 41.3 Å². The third-order valence-electron chi connectivity index (χ3n) is 5.95. The number of thiocarbonyl (C=S) groups is 1. The molecule has 0 radical (unpaired) electrons. The van der Waals surface area contributed by atoms with E-state index in [-0.39, 0.29) is 18.9 Å². The lowest BCUT2D eigenvalue weighted by Gasteiger charge is -2.26. The van der Waals surface area contributed by atoms with E-state index in [9.17, 15) is 9.59 Å². The predicted octanol–water partition coefficient (Wildman–Crippen LogP) is 5.44. The Morgan fingerprint density at radius 1 is 1.16 bits per heavy atom. The molecule has 1 N–H and O–H groups in total. The fourth-order valence-electron chi connectivity index (χ4n) is 4.02. The molecule has 2 fully saturated rings. The fourth-order valence-corrected chi connectivity index (χ4v) is 5.83. The van der Waals surface area contributed by atoms with Crippen molar-refractivity contribution in [1.29, 1.82) is 0 Å². The minimum Gasteiger partial charge on any atom is -0.492 e. The van der Waals surface area contributed by atoms with Crippen LogP contribution in [0.5, 0.6) is 5.75 Å². The highest BCUT2D eigenvalue weighted by Crippen LogP contribution is 2.37. The standard InChI is InChI=1S/C26H26Cl2N2O5S2/c27-19-4-5-20(21(28)16-19)17-3-6-22(35-13-10-29-8-11-34-12-9-29)18(14-17)15-23-25(33)30(26(36)37-23)7-1-2-24(31)32/h3-6,14-16H,1-2,7-13H2,(H,31,32)/b23-15-. The lowest BCUT2D eigenvalue weighted by atomic mass is 10.0. The zero-order valence-corrected chi connectivity index (χ0v) is 23.1. The van der Waals surface area contributed by atoms with E-state index < -0.39 is 5.97 Å². The maximum atomic E-state index is 13.1. The molecule has 1 amide bonds. The van der Waals surface area contributed by atoms with Gasteiger partial charge >= 0.3 is 5.97 Å². The van der Waals surface area contributed by atoms with Crippen LogP contribution in [0.1, 0.15) is 18.4 Å². The van der Waals surface area contributed by atoms with E-state index in [0.29, 0.717) is 38.0 Å². The highest BCUT2D eigenvalue weighted by Gasteiger charge is 2.32. The van der Waals surface area contributed by atoms with Crippen molar-refractivity contribution in [3.63, 3.8) is 0 Å². The molecule has 0 aliphatic carbocycles. The Hall–Kier alpha value is -2.14. The average molecular weight is 582 g/mol. The van der Waals surface area contributed by atoms with Crippen LogP contribution in [0.3, 0.4) is 0 Å². The normalized spacial score (nSPS) is 17.6. The summed E-state index contributed by atoms with van der Waals surface area (Å²) in [6, 6.07) is 11.0. The Labute approximate surface area is 235 Å². The number of carbonyl (C=O) groups is 2. The Morgan fingerprint density at radius 3 is 2.68 bits per heavy atom. The first-order valence-electron chi connectivity index (χ1n) is 11.8. The topological polar surface area (TPSA) is 79.3 Å². The molecule has 11 heteroatoms. The van der Waals surface area contributed by atoms with Crippen molar-refractivity contribution in [3.8, 4) is 16.9 Å². The molecule has 0 unspecified atom stereocenters. The second-order valence-corrected chi connectivity index (χ2v) is 11.0. The molecule has 2 saturated heterocycles. The molecule has 196 valence electrons. The van der Waals surface area contributed by atoms with E-state index in [1.54, 1.807) is 18.2 Å². The van der Waals surface area contributed by atoms with Gasteiger partial charge in [-0.2, -0.15) is 0 Å². The van der Waals surface area contributed by atoms with Crippen molar-refractivity contribution in [1.82, 2.24) is 9.80 Å². The van der Waals surface area contributed by atoms with E-state index >= 15 is 0 Å². The molecule has 0 saturated carbocycles. The van der Waals surface area contributed by atoms with Gasteiger partial charge in [-0.3, -0.25) is 19.4 Å². The van der Waals surface area contributed by atoms with Gasteiger partial charge in [0.25, 0.3) is 5.91 Å². The van der Waals surface area contributed by atoms with Crippen molar-refractivity contribution in [3.05, 3.63) is 56.9 Å². The first-order valence-corrected chi connectivity index (χ1v) is 13.8. The Kier molecular flexibility index (Phi) is 9.86. The molecule has 2 heterocycles. The number of morpholine rings is 1. The van der Waals surface area contributed by atoms with Gasteiger partial charge in [-0.05, 0) is 42.3 Å². The molecule has 2 aliphatic rings. The van der Waals surface area contributed by atoms with Crippen LogP contribution in [0.4, 0.5) is 0 Å². The van der Waals surface area contributed by atoms with Gasteiger partial charge in [0.05, 0.1) is 18.1 Å². The van der Waals surface area contributed by atoms with Crippen LogP contribution in [0.25, 0.3) is 17.2 Å². The minimum atomic E-state index is -0.905. The average Bonchev–Trinajstić information content (AvgIpc) is 3.13. The number of amides is 1. The maximum absolute atomic E-state index is 13.1. The Bertz CT molecular complexity index is 1220. The first-order chi connectivity index (χ1) is 17.8.